The number of piperazine rings is 1. The number of halogens is 1. The van der Waals surface area contributed by atoms with Crippen LogP contribution in [-0.4, -0.2) is 57.2 Å². The first kappa shape index (κ1) is 16.7. The average Bonchev–Trinajstić information content (AvgIpc) is 3.08. The maximum Gasteiger partial charge on any atom is 0.246 e. The zero-order valence-electron chi connectivity index (χ0n) is 14.0. The molecule has 1 aliphatic heterocycles. The van der Waals surface area contributed by atoms with E-state index >= 15 is 0 Å². The van der Waals surface area contributed by atoms with Crippen molar-refractivity contribution in [2.75, 3.05) is 31.1 Å². The van der Waals surface area contributed by atoms with Gasteiger partial charge in [-0.1, -0.05) is 30.3 Å². The molecule has 0 aliphatic carbocycles. The number of amides is 1. The van der Waals surface area contributed by atoms with E-state index in [1.54, 1.807) is 6.08 Å². The fraction of sp³-hybridized carbons (Fsp3) is 0.222. The van der Waals surface area contributed by atoms with Gasteiger partial charge in [-0.25, -0.2) is 9.97 Å². The first-order valence-electron chi connectivity index (χ1n) is 8.34. The van der Waals surface area contributed by atoms with Crippen molar-refractivity contribution in [2.24, 2.45) is 0 Å². The van der Waals surface area contributed by atoms with Gasteiger partial charge in [0.2, 0.25) is 5.91 Å². The van der Waals surface area contributed by atoms with Gasteiger partial charge in [-0.05, 0) is 27.6 Å². The quantitative estimate of drug-likeness (QED) is 0.668. The molecule has 0 bridgehead atoms. The lowest BCUT2D eigenvalue weighted by molar-refractivity contribution is -0.126. The minimum atomic E-state index is 0.0332. The van der Waals surface area contributed by atoms with Gasteiger partial charge in [-0.2, -0.15) is 5.10 Å². The Morgan fingerprint density at radius 2 is 1.88 bits per heavy atom. The van der Waals surface area contributed by atoms with Crippen molar-refractivity contribution in [3.63, 3.8) is 0 Å². The maximum atomic E-state index is 12.4. The number of carbonyl (C=O) groups excluding carboxylic acids is 1. The first-order valence-corrected chi connectivity index (χ1v) is 9.13. The van der Waals surface area contributed by atoms with Gasteiger partial charge in [0, 0.05) is 32.3 Å². The molecule has 0 unspecified atom stereocenters. The molecule has 1 aromatic carbocycles. The van der Waals surface area contributed by atoms with E-state index in [9.17, 15) is 4.79 Å². The van der Waals surface area contributed by atoms with Gasteiger partial charge in [0.1, 0.15) is 16.7 Å². The molecular weight excluding hydrogens is 396 g/mol. The second kappa shape index (κ2) is 7.25. The Balaban J connectivity index is 1.43. The second-order valence-electron chi connectivity index (χ2n) is 5.99. The molecule has 132 valence electrons. The highest BCUT2D eigenvalue weighted by atomic mass is 79.9. The van der Waals surface area contributed by atoms with Crippen molar-refractivity contribution in [3.8, 4) is 0 Å². The summed E-state index contributed by atoms with van der Waals surface area (Å²) in [6, 6.07) is 9.83. The maximum absolute atomic E-state index is 12.4. The van der Waals surface area contributed by atoms with Crippen LogP contribution in [0.4, 0.5) is 5.82 Å². The fourth-order valence-corrected chi connectivity index (χ4v) is 3.48. The average molecular weight is 413 g/mol. The zero-order chi connectivity index (χ0) is 17.9. The minimum Gasteiger partial charge on any atom is -0.352 e. The molecule has 1 amide bonds. The Kier molecular flexibility index (Phi) is 4.66. The van der Waals surface area contributed by atoms with Crippen molar-refractivity contribution in [2.45, 2.75) is 0 Å². The van der Waals surface area contributed by atoms with Crippen LogP contribution in [0.3, 0.4) is 0 Å². The largest absolute Gasteiger partial charge is 0.352 e. The number of H-pyrrole nitrogens is 1. The third-order valence-corrected chi connectivity index (χ3v) is 4.98. The van der Waals surface area contributed by atoms with Crippen molar-refractivity contribution in [3.05, 3.63) is 52.9 Å². The lowest BCUT2D eigenvalue weighted by Gasteiger charge is -2.35. The van der Waals surface area contributed by atoms with E-state index in [2.05, 4.69) is 41.0 Å². The van der Waals surface area contributed by atoms with Crippen LogP contribution in [0.15, 0.2) is 47.3 Å². The standard InChI is InChI=1S/C18H17BrN6O/c19-16-15-17(23-22-16)20-12-21-18(15)25-10-8-24(9-11-25)14(26)7-6-13-4-2-1-3-5-13/h1-7,12H,8-11H2,(H,20,21,22,23). The summed E-state index contributed by atoms with van der Waals surface area (Å²) in [5.74, 6) is 0.869. The fourth-order valence-electron chi connectivity index (χ4n) is 3.02. The van der Waals surface area contributed by atoms with Crippen LogP contribution < -0.4 is 4.90 Å². The van der Waals surface area contributed by atoms with Crippen LogP contribution in [0.2, 0.25) is 0 Å². The van der Waals surface area contributed by atoms with Crippen LogP contribution in [0.5, 0.6) is 0 Å². The summed E-state index contributed by atoms with van der Waals surface area (Å²) in [4.78, 5) is 25.0. The molecule has 0 spiro atoms. The normalized spacial score (nSPS) is 15.1. The minimum absolute atomic E-state index is 0.0332. The molecule has 7 nitrogen and oxygen atoms in total. The van der Waals surface area contributed by atoms with Crippen LogP contribution in [0.1, 0.15) is 5.56 Å². The number of hydrogen-bond donors (Lipinski definition) is 1. The summed E-state index contributed by atoms with van der Waals surface area (Å²) in [6.45, 7) is 2.74. The smallest absolute Gasteiger partial charge is 0.246 e. The van der Waals surface area contributed by atoms with Crippen molar-refractivity contribution < 1.29 is 4.79 Å². The number of carbonyl (C=O) groups is 1. The van der Waals surface area contributed by atoms with Gasteiger partial charge in [0.25, 0.3) is 0 Å². The third kappa shape index (κ3) is 3.32. The molecular formula is C18H17BrN6O. The Morgan fingerprint density at radius 1 is 1.12 bits per heavy atom. The van der Waals surface area contributed by atoms with E-state index < -0.39 is 0 Å². The van der Waals surface area contributed by atoms with Gasteiger partial charge < -0.3 is 9.80 Å². The summed E-state index contributed by atoms with van der Waals surface area (Å²) in [6.07, 6.45) is 5.02. The molecule has 0 saturated carbocycles. The summed E-state index contributed by atoms with van der Waals surface area (Å²) in [5, 5.41) is 7.89. The summed E-state index contributed by atoms with van der Waals surface area (Å²) < 4.78 is 0.701. The van der Waals surface area contributed by atoms with E-state index in [4.69, 9.17) is 0 Å². The van der Waals surface area contributed by atoms with Crippen molar-refractivity contribution in [1.29, 1.82) is 0 Å². The Morgan fingerprint density at radius 3 is 2.65 bits per heavy atom. The highest BCUT2D eigenvalue weighted by Crippen LogP contribution is 2.28. The predicted molar refractivity (Wildman–Crippen MR) is 104 cm³/mol. The zero-order valence-corrected chi connectivity index (χ0v) is 15.6. The number of rotatable bonds is 3. The lowest BCUT2D eigenvalue weighted by Crippen LogP contribution is -2.48. The van der Waals surface area contributed by atoms with E-state index in [0.717, 1.165) is 16.8 Å². The predicted octanol–water partition coefficient (Wildman–Crippen LogP) is 2.48. The first-order chi connectivity index (χ1) is 12.7. The molecule has 2 aromatic heterocycles. The molecule has 26 heavy (non-hydrogen) atoms. The van der Waals surface area contributed by atoms with E-state index in [-0.39, 0.29) is 5.91 Å². The molecule has 0 atom stereocenters. The van der Waals surface area contributed by atoms with Gasteiger partial charge in [-0.3, -0.25) is 9.89 Å². The number of fused-ring (bicyclic) bond motifs is 1. The van der Waals surface area contributed by atoms with Crippen molar-refractivity contribution >= 4 is 44.8 Å². The SMILES string of the molecule is O=C(C=Cc1ccccc1)N1CCN(c2ncnc3[nH]nc(Br)c23)CC1. The number of anilines is 1. The Labute approximate surface area is 158 Å². The highest BCUT2D eigenvalue weighted by Gasteiger charge is 2.23. The second-order valence-corrected chi connectivity index (χ2v) is 6.74. The van der Waals surface area contributed by atoms with Crippen LogP contribution in [0, 0.1) is 0 Å². The Hall–Kier alpha value is -2.74. The van der Waals surface area contributed by atoms with E-state index in [1.165, 1.54) is 6.33 Å². The van der Waals surface area contributed by atoms with Gasteiger partial charge in [0.15, 0.2) is 5.65 Å². The van der Waals surface area contributed by atoms with Crippen LogP contribution >= 0.6 is 15.9 Å². The van der Waals surface area contributed by atoms with Gasteiger partial charge in [0.05, 0.1) is 5.39 Å². The van der Waals surface area contributed by atoms with Gasteiger partial charge in [-0.15, -0.1) is 0 Å². The van der Waals surface area contributed by atoms with Crippen molar-refractivity contribution in [1.82, 2.24) is 25.1 Å². The molecule has 1 N–H and O–H groups in total. The number of aromatic amines is 1. The van der Waals surface area contributed by atoms with E-state index in [1.807, 2.05) is 41.3 Å². The number of hydrogen-bond acceptors (Lipinski definition) is 5. The van der Waals surface area contributed by atoms with Crippen LogP contribution in [-0.2, 0) is 4.79 Å². The third-order valence-electron chi connectivity index (χ3n) is 4.40. The van der Waals surface area contributed by atoms with Crippen LogP contribution in [0.25, 0.3) is 17.1 Å². The molecule has 8 heteroatoms. The Bertz CT molecular complexity index is 947. The molecule has 3 aromatic rings. The molecule has 1 saturated heterocycles. The number of benzene rings is 1. The summed E-state index contributed by atoms with van der Waals surface area (Å²) >= 11 is 3.44. The number of nitrogens with zero attached hydrogens (tertiary/aromatic N) is 5. The molecule has 1 fully saturated rings. The molecule has 4 rings (SSSR count). The highest BCUT2D eigenvalue weighted by molar-refractivity contribution is 9.10. The van der Waals surface area contributed by atoms with E-state index in [0.29, 0.717) is 36.4 Å². The molecule has 0 radical (unpaired) electrons. The monoisotopic (exact) mass is 412 g/mol. The molecule has 3 heterocycles. The number of aromatic nitrogens is 4. The topological polar surface area (TPSA) is 78.0 Å². The number of nitrogens with one attached hydrogen (secondary N) is 1. The lowest BCUT2D eigenvalue weighted by atomic mass is 10.2. The summed E-state index contributed by atoms with van der Waals surface area (Å²) in [5.41, 5.74) is 1.72. The molecule has 1 aliphatic rings. The van der Waals surface area contributed by atoms with Gasteiger partial charge >= 0.3 is 0 Å². The summed E-state index contributed by atoms with van der Waals surface area (Å²) in [7, 11) is 0.